The van der Waals surface area contributed by atoms with Gasteiger partial charge < -0.3 is 0 Å². The monoisotopic (exact) mass is 303 g/mol. The van der Waals surface area contributed by atoms with Gasteiger partial charge in [0.25, 0.3) is 0 Å². The van der Waals surface area contributed by atoms with Crippen molar-refractivity contribution in [3.63, 3.8) is 0 Å². The van der Waals surface area contributed by atoms with Gasteiger partial charge in [0.05, 0.1) is 22.8 Å². The van der Waals surface area contributed by atoms with E-state index in [0.717, 1.165) is 30.7 Å². The highest BCUT2D eigenvalue weighted by atomic mass is 35.5. The summed E-state index contributed by atoms with van der Waals surface area (Å²) in [5.74, 6) is 0.232. The lowest BCUT2D eigenvalue weighted by Crippen LogP contribution is -2.07. The van der Waals surface area contributed by atoms with Crippen molar-refractivity contribution in [2.45, 2.75) is 31.8 Å². The zero-order valence-corrected chi connectivity index (χ0v) is 11.5. The van der Waals surface area contributed by atoms with E-state index in [9.17, 15) is 13.2 Å². The molecule has 0 spiro atoms. The number of benzene rings is 1. The van der Waals surface area contributed by atoms with Crippen LogP contribution in [-0.2, 0) is 18.5 Å². The predicted octanol–water partition coefficient (Wildman–Crippen LogP) is 3.98. The Kier molecular flexibility index (Phi) is 4.32. The van der Waals surface area contributed by atoms with Crippen LogP contribution in [0.5, 0.6) is 0 Å². The van der Waals surface area contributed by atoms with Crippen molar-refractivity contribution in [3.8, 4) is 5.69 Å². The number of hydrogen-bond donors (Lipinski definition) is 0. The third kappa shape index (κ3) is 2.95. The molecule has 3 nitrogen and oxygen atoms in total. The average Bonchev–Trinajstić information content (AvgIpc) is 2.81. The molecule has 0 saturated heterocycles. The zero-order valence-electron chi connectivity index (χ0n) is 10.8. The molecule has 1 heterocycles. The molecule has 0 atom stereocenters. The van der Waals surface area contributed by atoms with E-state index < -0.39 is 11.7 Å². The minimum Gasteiger partial charge on any atom is -0.217 e. The summed E-state index contributed by atoms with van der Waals surface area (Å²) in [6, 6.07) is 4.84. The maximum atomic E-state index is 12.5. The molecule has 0 aliphatic heterocycles. The van der Waals surface area contributed by atoms with Gasteiger partial charge in [-0.05, 0) is 30.7 Å². The fourth-order valence-electron chi connectivity index (χ4n) is 1.92. The van der Waals surface area contributed by atoms with Crippen LogP contribution in [0.4, 0.5) is 13.2 Å². The number of aromatic nitrogens is 3. The van der Waals surface area contributed by atoms with Gasteiger partial charge in [0.2, 0.25) is 0 Å². The van der Waals surface area contributed by atoms with Crippen molar-refractivity contribution >= 4 is 11.6 Å². The Hall–Kier alpha value is -1.56. The molecule has 0 fully saturated rings. The highest BCUT2D eigenvalue weighted by molar-refractivity contribution is 6.16. The molecule has 1 aromatic heterocycles. The molecule has 0 saturated carbocycles. The van der Waals surface area contributed by atoms with Crippen molar-refractivity contribution < 1.29 is 13.2 Å². The Labute approximate surface area is 119 Å². The van der Waals surface area contributed by atoms with Gasteiger partial charge in [0.1, 0.15) is 5.69 Å². The van der Waals surface area contributed by atoms with E-state index in [1.807, 2.05) is 6.92 Å². The first kappa shape index (κ1) is 14.8. The number of hydrogen-bond acceptors (Lipinski definition) is 2. The highest BCUT2D eigenvalue weighted by Crippen LogP contribution is 2.29. The van der Waals surface area contributed by atoms with Gasteiger partial charge in [-0.3, -0.25) is 0 Å². The second-order valence-electron chi connectivity index (χ2n) is 4.32. The maximum Gasteiger partial charge on any atom is 0.416 e. The van der Waals surface area contributed by atoms with Gasteiger partial charge in [0.15, 0.2) is 0 Å². The molecular weight excluding hydrogens is 291 g/mol. The van der Waals surface area contributed by atoms with E-state index in [4.69, 9.17) is 11.6 Å². The van der Waals surface area contributed by atoms with Crippen molar-refractivity contribution in [2.24, 2.45) is 0 Å². The Balaban J connectivity index is 2.39. The van der Waals surface area contributed by atoms with Crippen molar-refractivity contribution in [1.82, 2.24) is 15.0 Å². The molecule has 0 aliphatic carbocycles. The lowest BCUT2D eigenvalue weighted by Gasteiger charge is -2.09. The Morgan fingerprint density at radius 1 is 1.20 bits per heavy atom. The highest BCUT2D eigenvalue weighted by Gasteiger charge is 2.30. The second kappa shape index (κ2) is 5.83. The van der Waals surface area contributed by atoms with E-state index in [0.29, 0.717) is 11.4 Å². The lowest BCUT2D eigenvalue weighted by atomic mass is 10.2. The minimum absolute atomic E-state index is 0.232. The molecule has 0 aliphatic rings. The summed E-state index contributed by atoms with van der Waals surface area (Å²) < 4.78 is 39.1. The Morgan fingerprint density at radius 3 is 2.35 bits per heavy atom. The Bertz CT molecular complexity index is 576. The molecule has 0 amide bonds. The summed E-state index contributed by atoms with van der Waals surface area (Å²) in [5, 5.41) is 7.93. The number of rotatable bonds is 4. The Morgan fingerprint density at radius 2 is 1.85 bits per heavy atom. The standard InChI is InChI=1S/C13H13ClF3N3/c1-2-3-12-11(8-14)18-19-20(12)10-6-4-9(5-7-10)13(15,16)17/h4-7H,2-3,8H2,1H3. The minimum atomic E-state index is -4.34. The van der Waals surface area contributed by atoms with Crippen LogP contribution in [0.1, 0.15) is 30.3 Å². The molecule has 2 rings (SSSR count). The van der Waals surface area contributed by atoms with Crippen LogP contribution in [0.2, 0.25) is 0 Å². The summed E-state index contributed by atoms with van der Waals surface area (Å²) in [7, 11) is 0. The van der Waals surface area contributed by atoms with E-state index in [-0.39, 0.29) is 5.88 Å². The van der Waals surface area contributed by atoms with Gasteiger partial charge in [-0.15, -0.1) is 16.7 Å². The number of nitrogens with zero attached hydrogens (tertiary/aromatic N) is 3. The quantitative estimate of drug-likeness (QED) is 0.800. The molecule has 7 heteroatoms. The van der Waals surface area contributed by atoms with Gasteiger partial charge in [0, 0.05) is 0 Å². The number of alkyl halides is 4. The van der Waals surface area contributed by atoms with Crippen LogP contribution in [0.25, 0.3) is 5.69 Å². The molecule has 20 heavy (non-hydrogen) atoms. The van der Waals surface area contributed by atoms with Crippen molar-refractivity contribution in [3.05, 3.63) is 41.2 Å². The molecule has 108 valence electrons. The third-order valence-electron chi connectivity index (χ3n) is 2.90. The number of halogens is 4. The van der Waals surface area contributed by atoms with Crippen LogP contribution in [0, 0.1) is 0 Å². The second-order valence-corrected chi connectivity index (χ2v) is 4.59. The lowest BCUT2D eigenvalue weighted by molar-refractivity contribution is -0.137. The van der Waals surface area contributed by atoms with Crippen LogP contribution >= 0.6 is 11.6 Å². The zero-order chi connectivity index (χ0) is 14.8. The SMILES string of the molecule is CCCc1c(CCl)nnn1-c1ccc(C(F)(F)F)cc1. The molecule has 0 N–H and O–H groups in total. The largest absolute Gasteiger partial charge is 0.416 e. The average molecular weight is 304 g/mol. The molecule has 0 unspecified atom stereocenters. The van der Waals surface area contributed by atoms with Gasteiger partial charge >= 0.3 is 6.18 Å². The summed E-state index contributed by atoms with van der Waals surface area (Å²) in [5.41, 5.74) is 1.36. The molecule has 0 radical (unpaired) electrons. The van der Waals surface area contributed by atoms with Crippen LogP contribution in [0.3, 0.4) is 0 Å². The predicted molar refractivity (Wildman–Crippen MR) is 69.9 cm³/mol. The molecule has 0 bridgehead atoms. The summed E-state index contributed by atoms with van der Waals surface area (Å²) in [6.07, 6.45) is -2.75. The van der Waals surface area contributed by atoms with Crippen molar-refractivity contribution in [2.75, 3.05) is 0 Å². The van der Waals surface area contributed by atoms with E-state index in [1.54, 1.807) is 4.68 Å². The first-order chi connectivity index (χ1) is 9.47. The van der Waals surface area contributed by atoms with Gasteiger partial charge in [-0.25, -0.2) is 4.68 Å². The van der Waals surface area contributed by atoms with Gasteiger partial charge in [-0.1, -0.05) is 18.6 Å². The normalized spacial score (nSPS) is 11.8. The van der Waals surface area contributed by atoms with E-state index >= 15 is 0 Å². The summed E-state index contributed by atoms with van der Waals surface area (Å²) >= 11 is 5.79. The van der Waals surface area contributed by atoms with Gasteiger partial charge in [-0.2, -0.15) is 13.2 Å². The van der Waals surface area contributed by atoms with E-state index in [2.05, 4.69) is 10.3 Å². The molecule has 2 aromatic rings. The van der Waals surface area contributed by atoms with Crippen LogP contribution in [-0.4, -0.2) is 15.0 Å². The first-order valence-electron chi connectivity index (χ1n) is 6.14. The summed E-state index contributed by atoms with van der Waals surface area (Å²) in [4.78, 5) is 0. The van der Waals surface area contributed by atoms with Crippen LogP contribution in [0.15, 0.2) is 24.3 Å². The maximum absolute atomic E-state index is 12.5. The fourth-order valence-corrected chi connectivity index (χ4v) is 2.13. The fraction of sp³-hybridized carbons (Fsp3) is 0.385. The van der Waals surface area contributed by atoms with Crippen molar-refractivity contribution in [1.29, 1.82) is 0 Å². The summed E-state index contributed by atoms with van der Waals surface area (Å²) in [6.45, 7) is 2.00. The molecule has 1 aromatic carbocycles. The van der Waals surface area contributed by atoms with Crippen LogP contribution < -0.4 is 0 Å². The smallest absolute Gasteiger partial charge is 0.217 e. The van der Waals surface area contributed by atoms with E-state index in [1.165, 1.54) is 12.1 Å². The molecular formula is C13H13ClF3N3. The first-order valence-corrected chi connectivity index (χ1v) is 6.68. The topological polar surface area (TPSA) is 30.7 Å². The third-order valence-corrected chi connectivity index (χ3v) is 3.15.